The Kier molecular flexibility index (Phi) is 8.79. The van der Waals surface area contributed by atoms with Crippen molar-refractivity contribution in [2.24, 2.45) is 0 Å². The fraction of sp³-hybridized carbons (Fsp3) is 0.652. The Hall–Kier alpha value is -0.221. The summed E-state index contributed by atoms with van der Waals surface area (Å²) in [6.07, 6.45) is 8.09. The van der Waals surface area contributed by atoms with Gasteiger partial charge < -0.3 is 0 Å². The van der Waals surface area contributed by atoms with Crippen molar-refractivity contribution in [1.29, 1.82) is 0 Å². The first-order valence-corrected chi connectivity index (χ1v) is 19.0. The van der Waals surface area contributed by atoms with Crippen LogP contribution in [0.25, 0.3) is 10.6 Å². The van der Waals surface area contributed by atoms with E-state index >= 15 is 0 Å². The van der Waals surface area contributed by atoms with Crippen LogP contribution in [0.2, 0.25) is 13.3 Å². The summed E-state index contributed by atoms with van der Waals surface area (Å²) in [5.74, 6) is 1.17. The molecule has 3 heteroatoms. The van der Waals surface area contributed by atoms with Crippen molar-refractivity contribution in [2.45, 2.75) is 93.4 Å². The van der Waals surface area contributed by atoms with Crippen LogP contribution in [0.5, 0.6) is 0 Å². The summed E-state index contributed by atoms with van der Waals surface area (Å²) in [7, 11) is 0. The van der Waals surface area contributed by atoms with E-state index < -0.39 is 18.4 Å². The zero-order valence-corrected chi connectivity index (χ0v) is 21.5. The fourth-order valence-electron chi connectivity index (χ4n) is 4.13. The van der Waals surface area contributed by atoms with Crippen molar-refractivity contribution in [2.75, 3.05) is 0 Å². The molecule has 0 fully saturated rings. The maximum absolute atomic E-state index is 6.76. The monoisotopic (exact) mass is 482 g/mol. The van der Waals surface area contributed by atoms with Crippen LogP contribution < -0.4 is 3.78 Å². The van der Waals surface area contributed by atoms with E-state index in [1.807, 2.05) is 11.3 Å². The van der Waals surface area contributed by atoms with Crippen molar-refractivity contribution in [3.05, 3.63) is 28.1 Å². The first-order chi connectivity index (χ1) is 12.5. The van der Waals surface area contributed by atoms with Crippen molar-refractivity contribution in [3.63, 3.8) is 0 Å². The molecule has 0 N–H and O–H groups in total. The number of furan rings is 1. The molecule has 0 spiro atoms. The standard InChI is InChI=1S/C11H11OS.3C4H9.Sn/c1-7-4-5-12-10(7)11-8(2)6-9(3)13-11;3*1-3-4-2;/h4,6H,1-3H3;3*1,3-4H2,2H3;. The molecule has 0 amide bonds. The van der Waals surface area contributed by atoms with E-state index in [1.165, 1.54) is 82.3 Å². The second-order valence-corrected chi connectivity index (χ2v) is 22.3. The van der Waals surface area contributed by atoms with Crippen LogP contribution in [0.15, 0.2) is 16.5 Å². The molecular weight excluding hydrogens is 443 g/mol. The van der Waals surface area contributed by atoms with E-state index in [9.17, 15) is 0 Å². The number of hydrogen-bond donors (Lipinski definition) is 0. The molecule has 0 aliphatic carbocycles. The predicted octanol–water partition coefficient (Wildman–Crippen LogP) is 7.99. The molecule has 0 radical (unpaired) electrons. The zero-order valence-electron chi connectivity index (χ0n) is 17.8. The van der Waals surface area contributed by atoms with Crippen LogP contribution in [-0.4, -0.2) is 18.4 Å². The minimum absolute atomic E-state index is 1.17. The summed E-state index contributed by atoms with van der Waals surface area (Å²) in [6, 6.07) is 4.75. The molecule has 0 saturated heterocycles. The zero-order chi connectivity index (χ0) is 19.2. The average Bonchev–Trinajstić information content (AvgIpc) is 3.16. The van der Waals surface area contributed by atoms with Crippen LogP contribution in [0, 0.1) is 20.8 Å². The predicted molar refractivity (Wildman–Crippen MR) is 121 cm³/mol. The van der Waals surface area contributed by atoms with Gasteiger partial charge in [0, 0.05) is 0 Å². The molecule has 2 aromatic rings. The van der Waals surface area contributed by atoms with Crippen LogP contribution in [-0.2, 0) is 0 Å². The van der Waals surface area contributed by atoms with Crippen LogP contribution in [0.3, 0.4) is 0 Å². The van der Waals surface area contributed by atoms with Gasteiger partial charge in [-0.1, -0.05) is 0 Å². The second-order valence-electron chi connectivity index (χ2n) is 8.08. The number of thiophene rings is 1. The van der Waals surface area contributed by atoms with Gasteiger partial charge in [0.2, 0.25) is 0 Å². The molecule has 0 saturated carbocycles. The quantitative estimate of drug-likeness (QED) is 0.297. The van der Waals surface area contributed by atoms with E-state index in [0.717, 1.165) is 0 Å². The van der Waals surface area contributed by atoms with Crippen molar-refractivity contribution in [3.8, 4) is 10.6 Å². The van der Waals surface area contributed by atoms with Gasteiger partial charge in [0.15, 0.2) is 0 Å². The van der Waals surface area contributed by atoms with Gasteiger partial charge >= 0.3 is 170 Å². The van der Waals surface area contributed by atoms with Crippen molar-refractivity contribution < 1.29 is 4.42 Å². The maximum atomic E-state index is 6.76. The Morgan fingerprint density at radius 2 is 1.35 bits per heavy atom. The number of aryl methyl sites for hydroxylation is 3. The molecular formula is C23H38OSSn. The Morgan fingerprint density at radius 1 is 0.808 bits per heavy atom. The molecule has 2 rings (SSSR count). The average molecular weight is 481 g/mol. The fourth-order valence-corrected chi connectivity index (χ4v) is 20.7. The van der Waals surface area contributed by atoms with E-state index in [4.69, 9.17) is 4.42 Å². The number of rotatable bonds is 11. The Balaban J connectivity index is 2.45. The molecule has 146 valence electrons. The van der Waals surface area contributed by atoms with E-state index in [1.54, 1.807) is 0 Å². The summed E-state index contributed by atoms with van der Waals surface area (Å²) in [5, 5.41) is 0. The molecule has 0 atom stereocenters. The van der Waals surface area contributed by atoms with Crippen LogP contribution in [0.1, 0.15) is 75.3 Å². The third kappa shape index (κ3) is 5.19. The summed E-state index contributed by atoms with van der Waals surface area (Å²) < 4.78 is 12.6. The van der Waals surface area contributed by atoms with Gasteiger partial charge in [-0.3, -0.25) is 0 Å². The first kappa shape index (κ1) is 22.1. The molecule has 0 aliphatic rings. The van der Waals surface area contributed by atoms with Gasteiger partial charge in [-0.05, 0) is 0 Å². The van der Waals surface area contributed by atoms with Gasteiger partial charge in [-0.25, -0.2) is 0 Å². The summed E-state index contributed by atoms with van der Waals surface area (Å²) >= 11 is -0.572. The van der Waals surface area contributed by atoms with Gasteiger partial charge in [0.05, 0.1) is 0 Å². The SMILES string of the molecule is CCC[CH2][Sn]([CH2]CCC)([CH2]CCC)[c]1cc(C)c(-c2sc(C)cc2C)o1. The molecule has 1 nitrogen and oxygen atoms in total. The topological polar surface area (TPSA) is 13.1 Å². The van der Waals surface area contributed by atoms with Crippen LogP contribution in [0.4, 0.5) is 0 Å². The van der Waals surface area contributed by atoms with Crippen LogP contribution >= 0.6 is 11.3 Å². The molecule has 0 aromatic carbocycles. The van der Waals surface area contributed by atoms with Gasteiger partial charge in [0.25, 0.3) is 0 Å². The summed E-state index contributed by atoms with van der Waals surface area (Å²) in [5.41, 5.74) is 2.73. The summed E-state index contributed by atoms with van der Waals surface area (Å²) in [6.45, 7) is 13.7. The van der Waals surface area contributed by atoms with Crippen molar-refractivity contribution >= 4 is 33.5 Å². The Bertz CT molecular complexity index is 661. The molecule has 2 aromatic heterocycles. The first-order valence-electron chi connectivity index (χ1n) is 10.7. The Labute approximate surface area is 169 Å². The van der Waals surface area contributed by atoms with Gasteiger partial charge in [0.1, 0.15) is 0 Å². The molecule has 0 bridgehead atoms. The molecule has 0 unspecified atom stereocenters. The van der Waals surface area contributed by atoms with E-state index in [0.29, 0.717) is 0 Å². The van der Waals surface area contributed by atoms with Gasteiger partial charge in [-0.2, -0.15) is 0 Å². The van der Waals surface area contributed by atoms with E-state index in [-0.39, 0.29) is 0 Å². The second kappa shape index (κ2) is 10.4. The number of unbranched alkanes of at least 4 members (excludes halogenated alkanes) is 3. The summed E-state index contributed by atoms with van der Waals surface area (Å²) in [4.78, 5) is 2.74. The number of hydrogen-bond acceptors (Lipinski definition) is 2. The molecule has 0 aliphatic heterocycles. The Morgan fingerprint density at radius 3 is 1.77 bits per heavy atom. The third-order valence-corrected chi connectivity index (χ3v) is 21.8. The minimum atomic E-state index is -2.46. The van der Waals surface area contributed by atoms with E-state index in [2.05, 4.69) is 53.7 Å². The molecule has 2 heterocycles. The normalized spacial score (nSPS) is 12.1. The van der Waals surface area contributed by atoms with Crippen molar-refractivity contribution in [1.82, 2.24) is 0 Å². The molecule has 26 heavy (non-hydrogen) atoms. The van der Waals surface area contributed by atoms with Gasteiger partial charge in [-0.15, -0.1) is 0 Å². The third-order valence-electron chi connectivity index (χ3n) is 5.71.